The molecule has 1 aliphatic rings. The normalized spacial score (nSPS) is 16.4. The molecule has 11 nitrogen and oxygen atoms in total. The second-order valence-corrected chi connectivity index (χ2v) is 7.47. The Balaban J connectivity index is 2.21. The minimum absolute atomic E-state index is 0.0423. The fourth-order valence-electron chi connectivity index (χ4n) is 1.73. The van der Waals surface area contributed by atoms with Crippen LogP contribution in [0.5, 0.6) is 6.01 Å². The predicted molar refractivity (Wildman–Crippen MR) is 88.6 cm³/mol. The molecule has 0 saturated carbocycles. The van der Waals surface area contributed by atoms with Gasteiger partial charge in [0.05, 0.1) is 14.2 Å². The minimum Gasteiger partial charge on any atom is -0.489 e. The van der Waals surface area contributed by atoms with E-state index in [9.17, 15) is 18.0 Å². The number of nitrogens with zero attached hydrogens (tertiary/aromatic N) is 3. The summed E-state index contributed by atoms with van der Waals surface area (Å²) in [6.07, 6.45) is 1.17. The lowest BCUT2D eigenvalue weighted by Crippen LogP contribution is -2.35. The first kappa shape index (κ1) is 18.6. The Morgan fingerprint density at radius 2 is 1.96 bits per heavy atom. The number of hydrogen-bond acceptors (Lipinski definition) is 9. The number of hydrogen-bond donors (Lipinski definition) is 2. The molecule has 1 aromatic rings. The largest absolute Gasteiger partial charge is 0.489 e. The number of carbonyl (C=O) groups excluding carboxylic acids is 2. The maximum Gasteiger partial charge on any atom is 0.335 e. The van der Waals surface area contributed by atoms with Crippen LogP contribution in [0.2, 0.25) is 0 Å². The van der Waals surface area contributed by atoms with Crippen molar-refractivity contribution < 1.29 is 27.5 Å². The van der Waals surface area contributed by atoms with Gasteiger partial charge in [0, 0.05) is 0 Å². The average Bonchev–Trinajstić information content (AvgIpc) is 2.97. The number of urea groups is 1. The molecular formula is C12H13N5O6S2. The third-order valence-electron chi connectivity index (χ3n) is 2.68. The quantitative estimate of drug-likeness (QED) is 0.681. The predicted octanol–water partition coefficient (Wildman–Crippen LogP) is 0.319. The van der Waals surface area contributed by atoms with E-state index in [-0.39, 0.29) is 27.8 Å². The van der Waals surface area contributed by atoms with Crippen molar-refractivity contribution in [1.29, 1.82) is 0 Å². The molecule has 0 saturated heterocycles. The van der Waals surface area contributed by atoms with Crippen LogP contribution < -0.4 is 14.8 Å². The highest BCUT2D eigenvalue weighted by Gasteiger charge is 2.28. The molecule has 2 amide bonds. The SMILES string of the molecule is COC1=C(S(=O)(=O)NC(=O)Nc2nc(C)nc(OC)n2)C=CS1=C=O. The number of anilines is 1. The summed E-state index contributed by atoms with van der Waals surface area (Å²) >= 11 is 0. The number of nitrogens with one attached hydrogen (secondary N) is 2. The van der Waals surface area contributed by atoms with Crippen LogP contribution in [-0.4, -0.2) is 48.9 Å². The molecular weight excluding hydrogens is 374 g/mol. The van der Waals surface area contributed by atoms with Crippen LogP contribution in [-0.2, 0) is 19.6 Å². The van der Waals surface area contributed by atoms with E-state index in [1.54, 1.807) is 16.9 Å². The van der Waals surface area contributed by atoms with Gasteiger partial charge in [0.15, 0.2) is 10.3 Å². The molecule has 0 radical (unpaired) electrons. The van der Waals surface area contributed by atoms with Gasteiger partial charge in [-0.15, -0.1) is 0 Å². The highest BCUT2D eigenvalue weighted by molar-refractivity contribution is 8.20. The van der Waals surface area contributed by atoms with Gasteiger partial charge in [0.2, 0.25) is 5.95 Å². The van der Waals surface area contributed by atoms with Crippen LogP contribution in [0.4, 0.5) is 10.7 Å². The highest BCUT2D eigenvalue weighted by Crippen LogP contribution is 2.37. The van der Waals surface area contributed by atoms with Gasteiger partial charge in [0.1, 0.15) is 10.7 Å². The first-order chi connectivity index (χ1) is 11.8. The first-order valence-electron chi connectivity index (χ1n) is 6.48. The summed E-state index contributed by atoms with van der Waals surface area (Å²) in [4.78, 5) is 33.8. The van der Waals surface area contributed by atoms with Crippen molar-refractivity contribution in [2.45, 2.75) is 6.92 Å². The number of carbonyl (C=O) groups is 1. The molecule has 2 rings (SSSR count). The van der Waals surface area contributed by atoms with Gasteiger partial charge in [-0.25, -0.2) is 22.7 Å². The zero-order valence-corrected chi connectivity index (χ0v) is 14.9. The molecule has 2 N–H and O–H groups in total. The molecule has 134 valence electrons. The third-order valence-corrected chi connectivity index (χ3v) is 5.54. The summed E-state index contributed by atoms with van der Waals surface area (Å²) in [5.41, 5.74) is 0. The number of aryl methyl sites for hydroxylation is 1. The molecule has 1 unspecified atom stereocenters. The summed E-state index contributed by atoms with van der Waals surface area (Å²) in [6, 6.07) is -1.15. The maximum absolute atomic E-state index is 12.3. The van der Waals surface area contributed by atoms with Crippen LogP contribution in [0.3, 0.4) is 0 Å². The molecule has 1 aromatic heterocycles. The lowest BCUT2D eigenvalue weighted by Gasteiger charge is -2.10. The number of methoxy groups -OCH3 is 2. The summed E-state index contributed by atoms with van der Waals surface area (Å²) < 4.78 is 36.1. The van der Waals surface area contributed by atoms with E-state index in [1.807, 2.05) is 0 Å². The first-order valence-corrected chi connectivity index (χ1v) is 9.25. The lowest BCUT2D eigenvalue weighted by molar-refractivity contribution is 0.256. The van der Waals surface area contributed by atoms with E-state index in [0.29, 0.717) is 0 Å². The lowest BCUT2D eigenvalue weighted by atomic mass is 10.6. The number of ether oxygens (including phenoxy) is 2. The standard InChI is InChI=1S/C12H13N5O6S2/c1-7-13-10(16-12(14-7)23-3)15-11(19)17-25(20,21)8-4-5-24(6-18)9(8)22-2/h4-5H,1-3H3,(H2,13,14,15,16,17,19). The second kappa shape index (κ2) is 7.42. The van der Waals surface area contributed by atoms with Gasteiger partial charge in [0.25, 0.3) is 10.0 Å². The van der Waals surface area contributed by atoms with E-state index in [4.69, 9.17) is 9.47 Å². The number of allylic oxidation sites excluding steroid dienone is 1. The number of aromatic nitrogens is 3. The molecule has 1 atom stereocenters. The molecule has 25 heavy (non-hydrogen) atoms. The minimum atomic E-state index is -4.28. The Kier molecular flexibility index (Phi) is 5.51. The van der Waals surface area contributed by atoms with Crippen molar-refractivity contribution in [1.82, 2.24) is 19.7 Å². The van der Waals surface area contributed by atoms with Crippen LogP contribution >= 0.6 is 10.5 Å². The molecule has 0 bridgehead atoms. The fourth-order valence-corrected chi connectivity index (χ4v) is 4.36. The van der Waals surface area contributed by atoms with E-state index < -0.39 is 26.5 Å². The molecule has 2 heterocycles. The van der Waals surface area contributed by atoms with E-state index in [1.165, 1.54) is 25.7 Å². The Morgan fingerprint density at radius 1 is 1.24 bits per heavy atom. The molecule has 1 aliphatic heterocycles. The van der Waals surface area contributed by atoms with Crippen LogP contribution in [0.15, 0.2) is 21.5 Å². The maximum atomic E-state index is 12.3. The fraction of sp³-hybridized carbons (Fsp3) is 0.250. The zero-order chi connectivity index (χ0) is 18.6. The van der Waals surface area contributed by atoms with Crippen LogP contribution in [0, 0.1) is 6.92 Å². The molecule has 0 aliphatic carbocycles. The molecule has 0 aromatic carbocycles. The Labute approximate surface area is 145 Å². The summed E-state index contributed by atoms with van der Waals surface area (Å²) in [6.45, 7) is 1.54. The number of sulfonamides is 1. The summed E-state index contributed by atoms with van der Waals surface area (Å²) in [7, 11) is -2.97. The monoisotopic (exact) mass is 387 g/mol. The van der Waals surface area contributed by atoms with Gasteiger partial charge in [-0.1, -0.05) is 0 Å². The van der Waals surface area contributed by atoms with Crippen LogP contribution in [0.25, 0.3) is 0 Å². The number of rotatable bonds is 5. The van der Waals surface area contributed by atoms with E-state index >= 15 is 0 Å². The Morgan fingerprint density at radius 3 is 2.56 bits per heavy atom. The van der Waals surface area contributed by atoms with Crippen molar-refractivity contribution in [3.63, 3.8) is 0 Å². The van der Waals surface area contributed by atoms with Crippen molar-refractivity contribution in [2.24, 2.45) is 0 Å². The highest BCUT2D eigenvalue weighted by atomic mass is 32.2. The Bertz CT molecular complexity index is 933. The van der Waals surface area contributed by atoms with E-state index in [0.717, 1.165) is 0 Å². The van der Waals surface area contributed by atoms with E-state index in [2.05, 4.69) is 20.3 Å². The smallest absolute Gasteiger partial charge is 0.335 e. The molecule has 0 fully saturated rings. The van der Waals surface area contributed by atoms with Gasteiger partial charge in [-0.05, 0) is 28.9 Å². The summed E-state index contributed by atoms with van der Waals surface area (Å²) in [5, 5.41) is 5.03. The molecule has 0 spiro atoms. The van der Waals surface area contributed by atoms with Crippen molar-refractivity contribution in [2.75, 3.05) is 19.5 Å². The van der Waals surface area contributed by atoms with Gasteiger partial charge < -0.3 is 9.47 Å². The topological polar surface area (TPSA) is 149 Å². The van der Waals surface area contributed by atoms with Crippen molar-refractivity contribution in [3.8, 4) is 6.01 Å². The van der Waals surface area contributed by atoms with Gasteiger partial charge >= 0.3 is 12.0 Å². The average molecular weight is 387 g/mol. The zero-order valence-electron chi connectivity index (χ0n) is 13.3. The van der Waals surface area contributed by atoms with Crippen molar-refractivity contribution in [3.05, 3.63) is 27.3 Å². The van der Waals surface area contributed by atoms with Gasteiger partial charge in [-0.3, -0.25) is 5.32 Å². The summed E-state index contributed by atoms with van der Waals surface area (Å²) in [5.74, 6) is 0.0691. The third kappa shape index (κ3) is 4.21. The second-order valence-electron chi connectivity index (χ2n) is 4.33. The van der Waals surface area contributed by atoms with Gasteiger partial charge in [-0.2, -0.15) is 15.0 Å². The Hall–Kier alpha value is -2.76. The number of amides is 2. The van der Waals surface area contributed by atoms with Crippen LogP contribution in [0.1, 0.15) is 5.82 Å². The van der Waals surface area contributed by atoms with Crippen molar-refractivity contribution >= 4 is 37.7 Å². The molecule has 13 heteroatoms.